The van der Waals surface area contributed by atoms with Crippen LogP contribution >= 0.6 is 11.6 Å². The van der Waals surface area contributed by atoms with Gasteiger partial charge in [0.05, 0.1) is 25.9 Å². The Labute approximate surface area is 222 Å². The van der Waals surface area contributed by atoms with E-state index < -0.39 is 0 Å². The summed E-state index contributed by atoms with van der Waals surface area (Å²) in [6.45, 7) is 4.03. The summed E-state index contributed by atoms with van der Waals surface area (Å²) in [4.78, 5) is 20.4. The number of rotatable bonds is 6. The molecule has 0 spiro atoms. The van der Waals surface area contributed by atoms with Gasteiger partial charge in [-0.05, 0) is 66.9 Å². The van der Waals surface area contributed by atoms with Gasteiger partial charge < -0.3 is 19.3 Å². The third kappa shape index (κ3) is 5.24. The fourth-order valence-electron chi connectivity index (χ4n) is 5.36. The Kier molecular flexibility index (Phi) is 7.53. The van der Waals surface area contributed by atoms with Crippen molar-refractivity contribution in [2.75, 3.05) is 56.7 Å². The lowest BCUT2D eigenvalue weighted by Gasteiger charge is -2.43. The fraction of sp³-hybridized carbons (Fsp3) is 0.345. The summed E-state index contributed by atoms with van der Waals surface area (Å²) in [6.07, 6.45) is 1.67. The highest BCUT2D eigenvalue weighted by Gasteiger charge is 2.34. The number of hydrogen-bond donors (Lipinski definition) is 0. The molecular formula is C29H31ClFN3O3. The van der Waals surface area contributed by atoms with Crippen molar-refractivity contribution in [2.45, 2.75) is 18.9 Å². The van der Waals surface area contributed by atoms with E-state index in [1.807, 2.05) is 47.4 Å². The monoisotopic (exact) mass is 523 g/mol. The zero-order valence-corrected chi connectivity index (χ0v) is 21.9. The summed E-state index contributed by atoms with van der Waals surface area (Å²) in [5.74, 6) is 0.917. The van der Waals surface area contributed by atoms with Crippen molar-refractivity contribution in [3.05, 3.63) is 82.6 Å². The van der Waals surface area contributed by atoms with Gasteiger partial charge in [0.2, 0.25) is 0 Å². The molecule has 194 valence electrons. The highest BCUT2D eigenvalue weighted by atomic mass is 35.5. The lowest BCUT2D eigenvalue weighted by Crippen LogP contribution is -2.54. The van der Waals surface area contributed by atoms with E-state index in [1.165, 1.54) is 12.1 Å². The minimum Gasteiger partial charge on any atom is -0.497 e. The van der Waals surface area contributed by atoms with Gasteiger partial charge in [-0.3, -0.25) is 9.69 Å². The first-order chi connectivity index (χ1) is 18.0. The maximum Gasteiger partial charge on any atom is 0.258 e. The zero-order chi connectivity index (χ0) is 25.9. The van der Waals surface area contributed by atoms with Crippen molar-refractivity contribution in [3.8, 4) is 11.5 Å². The first-order valence-electron chi connectivity index (χ1n) is 12.5. The summed E-state index contributed by atoms with van der Waals surface area (Å²) >= 11 is 6.54. The third-order valence-corrected chi connectivity index (χ3v) is 7.68. The van der Waals surface area contributed by atoms with Crippen molar-refractivity contribution in [1.82, 2.24) is 4.90 Å². The first kappa shape index (κ1) is 25.4. The van der Waals surface area contributed by atoms with Crippen molar-refractivity contribution >= 4 is 28.9 Å². The van der Waals surface area contributed by atoms with Crippen LogP contribution in [0.4, 0.5) is 15.8 Å². The molecule has 8 heteroatoms. The van der Waals surface area contributed by atoms with E-state index in [2.05, 4.69) is 9.80 Å². The van der Waals surface area contributed by atoms with Crippen LogP contribution in [0.2, 0.25) is 5.02 Å². The number of methoxy groups -OCH3 is 2. The predicted octanol–water partition coefficient (Wildman–Crippen LogP) is 5.28. The standard InChI is InChI=1S/C29H31ClFN3O3/c1-36-23-10-6-20(7-11-23)29(35)34-22(9-12-24-25(30)4-3-5-26(24)34)19-32-14-16-33(17-15-32)27-13-8-21(31)18-28(27)37-2/h3-8,10-11,13,18,22H,9,12,14-17,19H2,1-2H3. The smallest absolute Gasteiger partial charge is 0.258 e. The largest absolute Gasteiger partial charge is 0.497 e. The van der Waals surface area contributed by atoms with Gasteiger partial charge in [-0.2, -0.15) is 0 Å². The number of ether oxygens (including phenoxy) is 2. The molecule has 5 rings (SSSR count). The van der Waals surface area contributed by atoms with Crippen LogP contribution in [0.25, 0.3) is 0 Å². The second kappa shape index (κ2) is 11.0. The highest BCUT2D eigenvalue weighted by Crippen LogP contribution is 2.37. The molecule has 1 unspecified atom stereocenters. The molecule has 0 saturated carbocycles. The zero-order valence-electron chi connectivity index (χ0n) is 21.1. The van der Waals surface area contributed by atoms with E-state index >= 15 is 0 Å². The van der Waals surface area contributed by atoms with E-state index in [0.717, 1.165) is 62.5 Å². The Bertz CT molecular complexity index is 1260. The number of amides is 1. The summed E-state index contributed by atoms with van der Waals surface area (Å²) in [6, 6.07) is 17.7. The molecule has 0 radical (unpaired) electrons. The third-order valence-electron chi connectivity index (χ3n) is 7.33. The Morgan fingerprint density at radius 3 is 2.43 bits per heavy atom. The van der Waals surface area contributed by atoms with Gasteiger partial charge in [-0.1, -0.05) is 17.7 Å². The Morgan fingerprint density at radius 2 is 1.73 bits per heavy atom. The lowest BCUT2D eigenvalue weighted by atomic mass is 9.94. The van der Waals surface area contributed by atoms with Crippen LogP contribution in [-0.2, 0) is 6.42 Å². The summed E-state index contributed by atoms with van der Waals surface area (Å²) < 4.78 is 24.3. The van der Waals surface area contributed by atoms with Crippen LogP contribution < -0.4 is 19.3 Å². The summed E-state index contributed by atoms with van der Waals surface area (Å²) in [5, 5.41) is 0.699. The fourth-order valence-corrected chi connectivity index (χ4v) is 5.62. The summed E-state index contributed by atoms with van der Waals surface area (Å²) in [7, 11) is 3.18. The first-order valence-corrected chi connectivity index (χ1v) is 12.9. The molecule has 0 aromatic heterocycles. The molecular weight excluding hydrogens is 493 g/mol. The lowest BCUT2D eigenvalue weighted by molar-refractivity contribution is 0.0963. The molecule has 0 bridgehead atoms. The molecule has 2 aliphatic rings. The van der Waals surface area contributed by atoms with Gasteiger partial charge >= 0.3 is 0 Å². The molecule has 0 N–H and O–H groups in total. The molecule has 2 heterocycles. The van der Waals surface area contributed by atoms with Crippen molar-refractivity contribution in [1.29, 1.82) is 0 Å². The number of anilines is 2. The molecule has 1 fully saturated rings. The highest BCUT2D eigenvalue weighted by molar-refractivity contribution is 6.32. The van der Waals surface area contributed by atoms with E-state index in [0.29, 0.717) is 22.1 Å². The number of benzene rings is 3. The van der Waals surface area contributed by atoms with Crippen LogP contribution in [0.5, 0.6) is 11.5 Å². The maximum atomic E-state index is 13.8. The molecule has 2 aliphatic heterocycles. The minimum atomic E-state index is -0.307. The summed E-state index contributed by atoms with van der Waals surface area (Å²) in [5.41, 5.74) is 3.43. The molecule has 0 aliphatic carbocycles. The number of piperazine rings is 1. The Morgan fingerprint density at radius 1 is 0.973 bits per heavy atom. The molecule has 6 nitrogen and oxygen atoms in total. The molecule has 1 saturated heterocycles. The van der Waals surface area contributed by atoms with Crippen LogP contribution in [0.15, 0.2) is 60.7 Å². The number of carbonyl (C=O) groups excluding carboxylic acids is 1. The number of carbonyl (C=O) groups is 1. The van der Waals surface area contributed by atoms with Gasteiger partial charge in [-0.25, -0.2) is 4.39 Å². The number of halogens is 2. The minimum absolute atomic E-state index is 0.0208. The van der Waals surface area contributed by atoms with Crippen molar-refractivity contribution in [3.63, 3.8) is 0 Å². The van der Waals surface area contributed by atoms with Gasteiger partial charge in [0.15, 0.2) is 0 Å². The molecule has 37 heavy (non-hydrogen) atoms. The maximum absolute atomic E-state index is 13.8. The number of hydrogen-bond acceptors (Lipinski definition) is 5. The predicted molar refractivity (Wildman–Crippen MR) is 145 cm³/mol. The second-order valence-electron chi connectivity index (χ2n) is 9.44. The normalized spacial score (nSPS) is 17.9. The molecule has 3 aromatic rings. The quantitative estimate of drug-likeness (QED) is 0.440. The molecule has 1 atom stereocenters. The van der Waals surface area contributed by atoms with E-state index in [-0.39, 0.29) is 17.8 Å². The van der Waals surface area contributed by atoms with Gasteiger partial charge in [0.1, 0.15) is 17.3 Å². The van der Waals surface area contributed by atoms with E-state index in [4.69, 9.17) is 21.1 Å². The van der Waals surface area contributed by atoms with E-state index in [1.54, 1.807) is 20.3 Å². The van der Waals surface area contributed by atoms with Crippen molar-refractivity contribution in [2.24, 2.45) is 0 Å². The molecule has 1 amide bonds. The SMILES string of the molecule is COc1ccc(C(=O)N2c3cccc(Cl)c3CCC2CN2CCN(c3ccc(F)cc3OC)CC2)cc1. The van der Waals surface area contributed by atoms with Gasteiger partial charge in [0.25, 0.3) is 5.91 Å². The topological polar surface area (TPSA) is 45.2 Å². The second-order valence-corrected chi connectivity index (χ2v) is 9.84. The Balaban J connectivity index is 1.34. The van der Waals surface area contributed by atoms with E-state index in [9.17, 15) is 9.18 Å². The number of fused-ring (bicyclic) bond motifs is 1. The van der Waals surface area contributed by atoms with Crippen LogP contribution in [0.3, 0.4) is 0 Å². The van der Waals surface area contributed by atoms with Crippen LogP contribution in [0.1, 0.15) is 22.3 Å². The average Bonchev–Trinajstić information content (AvgIpc) is 2.93. The number of nitrogens with zero attached hydrogens (tertiary/aromatic N) is 3. The average molecular weight is 524 g/mol. The Hall–Kier alpha value is -3.29. The van der Waals surface area contributed by atoms with Crippen LogP contribution in [-0.4, -0.2) is 63.8 Å². The van der Waals surface area contributed by atoms with Crippen LogP contribution in [0, 0.1) is 5.82 Å². The van der Waals surface area contributed by atoms with Gasteiger partial charge in [0, 0.05) is 55.1 Å². The van der Waals surface area contributed by atoms with Crippen molar-refractivity contribution < 1.29 is 18.7 Å². The van der Waals surface area contributed by atoms with Gasteiger partial charge in [-0.15, -0.1) is 0 Å². The molecule has 3 aromatic carbocycles.